The van der Waals surface area contributed by atoms with E-state index >= 15 is 0 Å². The Bertz CT molecular complexity index is 678. The molecule has 1 saturated carbocycles. The van der Waals surface area contributed by atoms with Crippen LogP contribution in [0.4, 0.5) is 0 Å². The number of hydrogen-bond acceptors (Lipinski definition) is 4. The van der Waals surface area contributed by atoms with Gasteiger partial charge in [-0.15, -0.1) is 0 Å². The number of pyridine rings is 1. The predicted molar refractivity (Wildman–Crippen MR) is 87.2 cm³/mol. The lowest BCUT2D eigenvalue weighted by Gasteiger charge is -2.25. The summed E-state index contributed by atoms with van der Waals surface area (Å²) in [6, 6.07) is 4.07. The van der Waals surface area contributed by atoms with E-state index in [9.17, 15) is 0 Å². The molecular weight excluding hydrogens is 314 g/mol. The molecule has 6 heteroatoms. The van der Waals surface area contributed by atoms with Crippen LogP contribution in [0.3, 0.4) is 0 Å². The molecule has 5 nitrogen and oxygen atoms in total. The Hall–Kier alpha value is -1.59. The Kier molecular flexibility index (Phi) is 4.23. The predicted octanol–water partition coefficient (Wildman–Crippen LogP) is 4.34. The summed E-state index contributed by atoms with van der Waals surface area (Å²) in [7, 11) is 0. The Labute approximate surface area is 140 Å². The molecule has 1 aliphatic heterocycles. The van der Waals surface area contributed by atoms with Gasteiger partial charge in [0.2, 0.25) is 0 Å². The van der Waals surface area contributed by atoms with Crippen molar-refractivity contribution in [2.24, 2.45) is 0 Å². The number of rotatable bonds is 4. The second-order valence-corrected chi connectivity index (χ2v) is 6.63. The first kappa shape index (κ1) is 15.0. The maximum absolute atomic E-state index is 6.09. The van der Waals surface area contributed by atoms with Gasteiger partial charge in [0, 0.05) is 31.4 Å². The highest BCUT2D eigenvalue weighted by Crippen LogP contribution is 2.39. The Morgan fingerprint density at radius 3 is 2.74 bits per heavy atom. The average Bonchev–Trinajstić information content (AvgIpc) is 2.90. The summed E-state index contributed by atoms with van der Waals surface area (Å²) in [6.45, 7) is 1.59. The van der Waals surface area contributed by atoms with Gasteiger partial charge in [-0.3, -0.25) is 4.68 Å². The van der Waals surface area contributed by atoms with E-state index in [1.807, 2.05) is 12.3 Å². The van der Waals surface area contributed by atoms with E-state index < -0.39 is 0 Å². The van der Waals surface area contributed by atoms with Gasteiger partial charge in [0.25, 0.3) is 0 Å². The van der Waals surface area contributed by atoms with E-state index in [4.69, 9.17) is 26.2 Å². The third-order valence-electron chi connectivity index (χ3n) is 4.71. The van der Waals surface area contributed by atoms with Crippen molar-refractivity contribution in [1.29, 1.82) is 0 Å². The van der Waals surface area contributed by atoms with E-state index in [0.29, 0.717) is 22.9 Å². The number of hydrogen-bond donors (Lipinski definition) is 0. The first-order valence-corrected chi connectivity index (χ1v) is 8.63. The molecule has 2 aromatic heterocycles. The van der Waals surface area contributed by atoms with Crippen molar-refractivity contribution >= 4 is 11.6 Å². The second-order valence-electron chi connectivity index (χ2n) is 6.25. The molecule has 2 aromatic rings. The summed E-state index contributed by atoms with van der Waals surface area (Å²) in [5.74, 6) is 1.94. The molecule has 0 N–H and O–H groups in total. The third kappa shape index (κ3) is 3.21. The lowest BCUT2D eigenvalue weighted by Crippen LogP contribution is -2.19. The number of nitrogens with zero attached hydrogens (tertiary/aromatic N) is 3. The molecule has 3 heterocycles. The molecular formula is C17H20ClN3O2. The average molecular weight is 334 g/mol. The molecule has 0 radical (unpaired) electrons. The van der Waals surface area contributed by atoms with E-state index in [1.165, 1.54) is 19.3 Å². The molecule has 0 atom stereocenters. The van der Waals surface area contributed by atoms with Crippen LogP contribution in [0.5, 0.6) is 11.5 Å². The maximum Gasteiger partial charge on any atom is 0.168 e. The standard InChI is InChI=1S/C17H20ClN3O2/c18-16-10-14(4-7-19-16)23-15-11-21(13-2-1-3-13)20-17(15)12-5-8-22-9-6-12/h4,7,10-13H,1-3,5-6,8-9H2. The zero-order valence-corrected chi connectivity index (χ0v) is 13.7. The summed E-state index contributed by atoms with van der Waals surface area (Å²) < 4.78 is 13.7. The molecule has 122 valence electrons. The zero-order chi connectivity index (χ0) is 15.6. The van der Waals surface area contributed by atoms with Gasteiger partial charge in [-0.05, 0) is 38.2 Å². The first-order chi connectivity index (χ1) is 11.3. The van der Waals surface area contributed by atoms with E-state index in [1.54, 1.807) is 12.3 Å². The van der Waals surface area contributed by atoms with Crippen LogP contribution in [0.1, 0.15) is 49.8 Å². The highest BCUT2D eigenvalue weighted by Gasteiger charge is 2.27. The SMILES string of the molecule is Clc1cc(Oc2cn(C3CCC3)nc2C2CCOCC2)ccn1. The monoisotopic (exact) mass is 333 g/mol. The first-order valence-electron chi connectivity index (χ1n) is 8.26. The van der Waals surface area contributed by atoms with Crippen molar-refractivity contribution in [3.8, 4) is 11.5 Å². The van der Waals surface area contributed by atoms with Crippen molar-refractivity contribution < 1.29 is 9.47 Å². The minimum Gasteiger partial charge on any atom is -0.454 e. The van der Waals surface area contributed by atoms with E-state index in [0.717, 1.165) is 37.5 Å². The summed E-state index contributed by atoms with van der Waals surface area (Å²) in [4.78, 5) is 4.00. The van der Waals surface area contributed by atoms with Crippen LogP contribution in [-0.4, -0.2) is 28.0 Å². The summed E-state index contributed by atoms with van der Waals surface area (Å²) >= 11 is 5.96. The van der Waals surface area contributed by atoms with Crippen LogP contribution in [0.15, 0.2) is 24.5 Å². The highest BCUT2D eigenvalue weighted by molar-refractivity contribution is 6.29. The van der Waals surface area contributed by atoms with Crippen molar-refractivity contribution in [2.75, 3.05) is 13.2 Å². The highest BCUT2D eigenvalue weighted by atomic mass is 35.5. The molecule has 0 amide bonds. The summed E-state index contributed by atoms with van der Waals surface area (Å²) in [5, 5.41) is 5.29. The molecule has 1 saturated heterocycles. The summed E-state index contributed by atoms with van der Waals surface area (Å²) in [5.41, 5.74) is 1.05. The quantitative estimate of drug-likeness (QED) is 0.781. The molecule has 0 spiro atoms. The van der Waals surface area contributed by atoms with E-state index in [2.05, 4.69) is 9.67 Å². The molecule has 1 aliphatic carbocycles. The fourth-order valence-electron chi connectivity index (χ4n) is 3.13. The van der Waals surface area contributed by atoms with Gasteiger partial charge in [-0.1, -0.05) is 11.6 Å². The molecule has 23 heavy (non-hydrogen) atoms. The second kappa shape index (κ2) is 6.49. The maximum atomic E-state index is 6.09. The van der Waals surface area contributed by atoms with Crippen molar-refractivity contribution in [2.45, 2.75) is 44.1 Å². The van der Waals surface area contributed by atoms with Crippen LogP contribution in [0.25, 0.3) is 0 Å². The van der Waals surface area contributed by atoms with Gasteiger partial charge in [-0.2, -0.15) is 5.10 Å². The molecule has 0 aromatic carbocycles. The lowest BCUT2D eigenvalue weighted by molar-refractivity contribution is 0.0838. The van der Waals surface area contributed by atoms with Crippen LogP contribution in [0.2, 0.25) is 5.15 Å². The fourth-order valence-corrected chi connectivity index (χ4v) is 3.30. The minimum absolute atomic E-state index is 0.400. The van der Waals surface area contributed by atoms with Crippen molar-refractivity contribution in [1.82, 2.24) is 14.8 Å². The normalized spacial score (nSPS) is 19.5. The van der Waals surface area contributed by atoms with Gasteiger partial charge in [-0.25, -0.2) is 4.98 Å². The number of halogens is 1. The number of aromatic nitrogens is 3. The van der Waals surface area contributed by atoms with E-state index in [-0.39, 0.29) is 0 Å². The van der Waals surface area contributed by atoms with Gasteiger partial charge < -0.3 is 9.47 Å². The topological polar surface area (TPSA) is 49.2 Å². The zero-order valence-electron chi connectivity index (χ0n) is 12.9. The van der Waals surface area contributed by atoms with Gasteiger partial charge in [0.05, 0.1) is 12.2 Å². The van der Waals surface area contributed by atoms with Crippen molar-refractivity contribution in [3.05, 3.63) is 35.4 Å². The fraction of sp³-hybridized carbons (Fsp3) is 0.529. The molecule has 2 fully saturated rings. The molecule has 0 bridgehead atoms. The summed E-state index contributed by atoms with van der Waals surface area (Å²) in [6.07, 6.45) is 9.38. The third-order valence-corrected chi connectivity index (χ3v) is 4.91. The van der Waals surface area contributed by atoms with Crippen LogP contribution in [0, 0.1) is 0 Å². The Balaban J connectivity index is 1.63. The van der Waals surface area contributed by atoms with Crippen molar-refractivity contribution in [3.63, 3.8) is 0 Å². The minimum atomic E-state index is 0.400. The largest absolute Gasteiger partial charge is 0.454 e. The molecule has 0 unspecified atom stereocenters. The molecule has 4 rings (SSSR count). The van der Waals surface area contributed by atoms with Crippen LogP contribution < -0.4 is 4.74 Å². The lowest BCUT2D eigenvalue weighted by atomic mass is 9.93. The van der Waals surface area contributed by atoms with Gasteiger partial charge in [0.15, 0.2) is 5.75 Å². The van der Waals surface area contributed by atoms with Crippen LogP contribution >= 0.6 is 11.6 Å². The van der Waals surface area contributed by atoms with Gasteiger partial charge >= 0.3 is 0 Å². The molecule has 2 aliphatic rings. The Morgan fingerprint density at radius 2 is 2.04 bits per heavy atom. The Morgan fingerprint density at radius 1 is 1.22 bits per heavy atom. The number of ether oxygens (including phenoxy) is 2. The van der Waals surface area contributed by atoms with Crippen LogP contribution in [-0.2, 0) is 4.74 Å². The van der Waals surface area contributed by atoms with Gasteiger partial charge in [0.1, 0.15) is 16.6 Å². The smallest absolute Gasteiger partial charge is 0.168 e.